The molecule has 14 heteroatoms. The summed E-state index contributed by atoms with van der Waals surface area (Å²) < 4.78 is 7.52. The molecule has 3 N–H and O–H groups in total. The maximum absolute atomic E-state index is 13.4. The second-order valence-electron chi connectivity index (χ2n) is 10.2. The molecule has 1 fully saturated rings. The van der Waals surface area contributed by atoms with Crippen molar-refractivity contribution in [1.29, 1.82) is 0 Å². The summed E-state index contributed by atoms with van der Waals surface area (Å²) in [6, 6.07) is 3.50. The van der Waals surface area contributed by atoms with Gasteiger partial charge in [0, 0.05) is 36.6 Å². The Hall–Kier alpha value is -4.98. The molecule has 0 spiro atoms. The number of pyridine rings is 2. The number of ether oxygens (including phenoxy) is 1. The zero-order chi connectivity index (χ0) is 30.5. The molecule has 0 radical (unpaired) electrons. The Bertz CT molecular complexity index is 1680. The number of aryl methyl sites for hydroxylation is 1. The van der Waals surface area contributed by atoms with E-state index in [1.54, 1.807) is 41.5 Å². The molecule has 4 aromatic rings. The SMILES string of the molecule is CCN(CCOc1ccc(Nc2ncc3c(C)c(C(C)=O)c(=O)n(C4CCCC4)c3n2)nc1)c1ncc(C(=O)NO)cn1. The van der Waals surface area contributed by atoms with Crippen molar-refractivity contribution in [3.05, 3.63) is 64.0 Å². The van der Waals surface area contributed by atoms with Crippen molar-refractivity contribution < 1.29 is 19.5 Å². The third kappa shape index (κ3) is 6.28. The fraction of sp³-hybridized carbons (Fsp3) is 0.379. The van der Waals surface area contributed by atoms with Gasteiger partial charge in [-0.25, -0.2) is 25.4 Å². The van der Waals surface area contributed by atoms with Crippen LogP contribution >= 0.6 is 0 Å². The Morgan fingerprint density at radius 3 is 2.47 bits per heavy atom. The van der Waals surface area contributed by atoms with E-state index < -0.39 is 5.91 Å². The number of nitrogens with zero attached hydrogens (tertiary/aromatic N) is 7. The van der Waals surface area contributed by atoms with E-state index in [1.807, 2.05) is 11.8 Å². The number of fused-ring (bicyclic) bond motifs is 1. The van der Waals surface area contributed by atoms with Crippen LogP contribution in [0.2, 0.25) is 0 Å². The van der Waals surface area contributed by atoms with Gasteiger partial charge in [-0.2, -0.15) is 4.98 Å². The van der Waals surface area contributed by atoms with E-state index in [4.69, 9.17) is 14.9 Å². The van der Waals surface area contributed by atoms with Gasteiger partial charge in [0.05, 0.1) is 23.9 Å². The fourth-order valence-corrected chi connectivity index (χ4v) is 5.30. The predicted molar refractivity (Wildman–Crippen MR) is 158 cm³/mol. The minimum atomic E-state index is -0.682. The first-order valence-electron chi connectivity index (χ1n) is 14.1. The van der Waals surface area contributed by atoms with E-state index in [0.29, 0.717) is 53.8 Å². The van der Waals surface area contributed by atoms with Crippen molar-refractivity contribution in [2.45, 2.75) is 52.5 Å². The minimum absolute atomic E-state index is 0.00618. The third-order valence-electron chi connectivity index (χ3n) is 7.52. The van der Waals surface area contributed by atoms with Crippen molar-refractivity contribution >= 4 is 40.4 Å². The van der Waals surface area contributed by atoms with Crippen LogP contribution in [0.25, 0.3) is 11.0 Å². The molecule has 1 aliphatic rings. The zero-order valence-corrected chi connectivity index (χ0v) is 24.2. The number of aromatic nitrogens is 6. The van der Waals surface area contributed by atoms with Gasteiger partial charge in [-0.3, -0.25) is 24.2 Å². The quantitative estimate of drug-likeness (QED) is 0.133. The number of carbonyl (C=O) groups is 2. The molecule has 1 amide bonds. The van der Waals surface area contributed by atoms with E-state index in [-0.39, 0.29) is 34.5 Å². The molecule has 0 unspecified atom stereocenters. The first kappa shape index (κ1) is 29.5. The molecular weight excluding hydrogens is 554 g/mol. The van der Waals surface area contributed by atoms with Crippen molar-refractivity contribution in [2.24, 2.45) is 0 Å². The first-order valence-corrected chi connectivity index (χ1v) is 14.1. The molecule has 0 atom stereocenters. The number of nitrogens with one attached hydrogen (secondary N) is 2. The van der Waals surface area contributed by atoms with Crippen LogP contribution in [0.4, 0.5) is 17.7 Å². The summed E-state index contributed by atoms with van der Waals surface area (Å²) in [5.41, 5.74) is 2.69. The molecule has 4 aromatic heterocycles. The predicted octanol–water partition coefficient (Wildman–Crippen LogP) is 3.37. The van der Waals surface area contributed by atoms with Gasteiger partial charge < -0.3 is 15.0 Å². The summed E-state index contributed by atoms with van der Waals surface area (Å²) in [6.07, 6.45) is 9.69. The number of hydrogen-bond donors (Lipinski definition) is 3. The molecule has 43 heavy (non-hydrogen) atoms. The lowest BCUT2D eigenvalue weighted by molar-refractivity contribution is 0.0705. The van der Waals surface area contributed by atoms with E-state index in [9.17, 15) is 14.4 Å². The largest absolute Gasteiger partial charge is 0.490 e. The number of Topliss-reactive ketones (excluding diaryl/α,β-unsaturated/α-hetero) is 1. The fourth-order valence-electron chi connectivity index (χ4n) is 5.30. The summed E-state index contributed by atoms with van der Waals surface area (Å²) in [4.78, 5) is 61.0. The van der Waals surface area contributed by atoms with Crippen LogP contribution in [0.15, 0.2) is 41.7 Å². The smallest absolute Gasteiger partial charge is 0.277 e. The molecule has 14 nitrogen and oxygen atoms in total. The second-order valence-corrected chi connectivity index (χ2v) is 10.2. The maximum Gasteiger partial charge on any atom is 0.277 e. The van der Waals surface area contributed by atoms with Crippen LogP contribution in [0.5, 0.6) is 5.75 Å². The topological polar surface area (TPSA) is 177 Å². The Balaban J connectivity index is 1.27. The van der Waals surface area contributed by atoms with Crippen molar-refractivity contribution in [3.8, 4) is 5.75 Å². The highest BCUT2D eigenvalue weighted by Gasteiger charge is 2.26. The van der Waals surface area contributed by atoms with Crippen LogP contribution < -0.4 is 26.0 Å². The minimum Gasteiger partial charge on any atom is -0.490 e. The van der Waals surface area contributed by atoms with Crippen molar-refractivity contribution in [3.63, 3.8) is 0 Å². The van der Waals surface area contributed by atoms with Gasteiger partial charge >= 0.3 is 0 Å². The molecule has 0 aliphatic heterocycles. The number of rotatable bonds is 11. The van der Waals surface area contributed by atoms with Crippen LogP contribution in [-0.4, -0.2) is 66.1 Å². The molecule has 1 saturated carbocycles. The lowest BCUT2D eigenvalue weighted by atomic mass is 10.0. The van der Waals surface area contributed by atoms with Crippen LogP contribution in [-0.2, 0) is 0 Å². The monoisotopic (exact) mass is 587 g/mol. The van der Waals surface area contributed by atoms with Crippen LogP contribution in [0.3, 0.4) is 0 Å². The number of hydroxylamine groups is 1. The molecule has 0 saturated heterocycles. The highest BCUT2D eigenvalue weighted by atomic mass is 16.5. The second kappa shape index (κ2) is 12.9. The van der Waals surface area contributed by atoms with Gasteiger partial charge in [-0.1, -0.05) is 12.8 Å². The highest BCUT2D eigenvalue weighted by Crippen LogP contribution is 2.32. The number of carbonyl (C=O) groups excluding carboxylic acids is 2. The first-order chi connectivity index (χ1) is 20.8. The van der Waals surface area contributed by atoms with Gasteiger partial charge in [0.2, 0.25) is 11.9 Å². The number of ketones is 1. The van der Waals surface area contributed by atoms with E-state index in [1.165, 1.54) is 19.3 Å². The number of likely N-dealkylation sites (N-methyl/N-ethyl adjacent to an activating group) is 1. The van der Waals surface area contributed by atoms with Gasteiger partial charge in [0.25, 0.3) is 11.5 Å². The summed E-state index contributed by atoms with van der Waals surface area (Å²) in [5.74, 6) is 0.825. The molecule has 4 heterocycles. The van der Waals surface area contributed by atoms with Crippen molar-refractivity contribution in [1.82, 2.24) is 35.0 Å². The van der Waals surface area contributed by atoms with Gasteiger partial charge in [0.1, 0.15) is 23.8 Å². The Morgan fingerprint density at radius 2 is 1.84 bits per heavy atom. The highest BCUT2D eigenvalue weighted by molar-refractivity contribution is 5.99. The third-order valence-corrected chi connectivity index (χ3v) is 7.52. The summed E-state index contributed by atoms with van der Waals surface area (Å²) in [6.45, 7) is 6.56. The summed E-state index contributed by atoms with van der Waals surface area (Å²) >= 11 is 0. The zero-order valence-electron chi connectivity index (χ0n) is 24.2. The molecule has 0 aromatic carbocycles. The number of amides is 1. The Kier molecular flexibility index (Phi) is 8.85. The number of anilines is 3. The van der Waals surface area contributed by atoms with E-state index >= 15 is 0 Å². The normalized spacial score (nSPS) is 13.2. The molecule has 5 rings (SSSR count). The summed E-state index contributed by atoms with van der Waals surface area (Å²) in [7, 11) is 0. The molecule has 1 aliphatic carbocycles. The number of hydrogen-bond acceptors (Lipinski definition) is 12. The van der Waals surface area contributed by atoms with E-state index in [2.05, 4.69) is 25.3 Å². The average molecular weight is 588 g/mol. The Morgan fingerprint density at radius 1 is 1.09 bits per heavy atom. The lowest BCUT2D eigenvalue weighted by Crippen LogP contribution is -2.30. The van der Waals surface area contributed by atoms with Crippen molar-refractivity contribution in [2.75, 3.05) is 29.9 Å². The van der Waals surface area contributed by atoms with Gasteiger partial charge in [0.15, 0.2) is 5.78 Å². The standard InChI is InChI=1S/C29H33N9O5/c1-4-37(29-32-13-19(14-33-29)26(40)36-42)11-12-43-21-9-10-23(30-15-21)34-28-31-16-22-17(2)24(18(3)39)27(41)38(25(22)35-28)20-7-5-6-8-20/h9-10,13-16,20,42H,4-8,11-12H2,1-3H3,(H,36,40)(H,30,31,34,35). The van der Waals surface area contributed by atoms with Crippen LogP contribution in [0, 0.1) is 6.92 Å². The van der Waals surface area contributed by atoms with Gasteiger partial charge in [-0.05, 0) is 51.3 Å². The maximum atomic E-state index is 13.4. The molecule has 224 valence electrons. The summed E-state index contributed by atoms with van der Waals surface area (Å²) in [5, 5.41) is 12.5. The molecular formula is C29H33N9O5. The van der Waals surface area contributed by atoms with E-state index in [0.717, 1.165) is 25.7 Å². The van der Waals surface area contributed by atoms with Gasteiger partial charge in [-0.15, -0.1) is 0 Å². The van der Waals surface area contributed by atoms with Crippen LogP contribution in [0.1, 0.15) is 71.9 Å². The molecule has 0 bridgehead atoms. The average Bonchev–Trinajstić information content (AvgIpc) is 3.54. The lowest BCUT2D eigenvalue weighted by Gasteiger charge is -2.20. The Labute approximate surface area is 247 Å².